The summed E-state index contributed by atoms with van der Waals surface area (Å²) < 4.78 is 0. The molecule has 0 bridgehead atoms. The lowest BCUT2D eigenvalue weighted by molar-refractivity contribution is 0.459. The highest BCUT2D eigenvalue weighted by Gasteiger charge is 2.06. The fraction of sp³-hybridized carbons (Fsp3) is 0.389. The molecule has 0 atom stereocenters. The van der Waals surface area contributed by atoms with Gasteiger partial charge in [-0.25, -0.2) is 0 Å². The molecule has 0 spiro atoms. The number of benzene rings is 1. The van der Waals surface area contributed by atoms with Crippen LogP contribution in [0.15, 0.2) is 36.4 Å². The molecule has 0 aliphatic heterocycles. The zero-order valence-corrected chi connectivity index (χ0v) is 13.1. The van der Waals surface area contributed by atoms with Crippen molar-refractivity contribution in [3.63, 3.8) is 0 Å². The number of aromatic hydroxyl groups is 1. The number of aryl methyl sites for hydroxylation is 1. The molecule has 0 radical (unpaired) electrons. The van der Waals surface area contributed by atoms with Gasteiger partial charge >= 0.3 is 0 Å². The third-order valence-electron chi connectivity index (χ3n) is 3.44. The highest BCUT2D eigenvalue weighted by molar-refractivity contribution is 5.29. The molecule has 1 aromatic heterocycles. The van der Waals surface area contributed by atoms with Crippen molar-refractivity contribution in [3.05, 3.63) is 58.9 Å². The van der Waals surface area contributed by atoms with Gasteiger partial charge in [0.25, 0.3) is 0 Å². The van der Waals surface area contributed by atoms with E-state index in [-0.39, 0.29) is 5.75 Å². The summed E-state index contributed by atoms with van der Waals surface area (Å²) in [4.78, 5) is 4.36. The molecule has 21 heavy (non-hydrogen) atoms. The minimum absolute atomic E-state index is 0.253. The van der Waals surface area contributed by atoms with Crippen LogP contribution < -0.4 is 5.32 Å². The molecule has 0 saturated heterocycles. The topological polar surface area (TPSA) is 45.1 Å². The Morgan fingerprint density at radius 1 is 1.05 bits per heavy atom. The third-order valence-corrected chi connectivity index (χ3v) is 3.44. The van der Waals surface area contributed by atoms with Gasteiger partial charge in [-0.05, 0) is 42.5 Å². The zero-order chi connectivity index (χ0) is 15.2. The molecule has 2 rings (SSSR count). The van der Waals surface area contributed by atoms with Crippen molar-refractivity contribution in [2.45, 2.75) is 40.3 Å². The molecular weight excluding hydrogens is 260 g/mol. The lowest BCUT2D eigenvalue weighted by Crippen LogP contribution is -2.15. The smallest absolute Gasteiger partial charge is 0.138 e. The predicted molar refractivity (Wildman–Crippen MR) is 86.2 cm³/mol. The van der Waals surface area contributed by atoms with Crippen molar-refractivity contribution >= 4 is 0 Å². The van der Waals surface area contributed by atoms with Crippen molar-refractivity contribution in [2.75, 3.05) is 0 Å². The van der Waals surface area contributed by atoms with E-state index in [1.165, 1.54) is 11.1 Å². The Hall–Kier alpha value is -1.87. The van der Waals surface area contributed by atoms with Crippen LogP contribution in [-0.4, -0.2) is 10.1 Å². The first-order valence-corrected chi connectivity index (χ1v) is 7.49. The molecule has 1 aromatic carbocycles. The quantitative estimate of drug-likeness (QED) is 0.852. The molecule has 0 saturated carbocycles. The van der Waals surface area contributed by atoms with Crippen LogP contribution in [-0.2, 0) is 19.5 Å². The van der Waals surface area contributed by atoms with Crippen molar-refractivity contribution in [1.82, 2.24) is 10.3 Å². The Morgan fingerprint density at radius 3 is 2.48 bits per heavy atom. The van der Waals surface area contributed by atoms with E-state index in [1.807, 2.05) is 13.0 Å². The lowest BCUT2D eigenvalue weighted by Gasteiger charge is -2.12. The van der Waals surface area contributed by atoms with Gasteiger partial charge in [0.2, 0.25) is 0 Å². The van der Waals surface area contributed by atoms with Crippen molar-refractivity contribution < 1.29 is 5.11 Å². The largest absolute Gasteiger partial charge is 0.506 e. The maximum atomic E-state index is 9.80. The highest BCUT2D eigenvalue weighted by Crippen LogP contribution is 2.16. The lowest BCUT2D eigenvalue weighted by atomic mass is 9.98. The summed E-state index contributed by atoms with van der Waals surface area (Å²) in [6.07, 6.45) is 1.09. The maximum Gasteiger partial charge on any atom is 0.138 e. The van der Waals surface area contributed by atoms with E-state index in [2.05, 4.69) is 48.4 Å². The molecule has 0 fully saturated rings. The van der Waals surface area contributed by atoms with Gasteiger partial charge in [-0.2, -0.15) is 0 Å². The van der Waals surface area contributed by atoms with Crippen LogP contribution in [0.4, 0.5) is 0 Å². The van der Waals surface area contributed by atoms with Crippen LogP contribution in [0.5, 0.6) is 5.75 Å². The van der Waals surface area contributed by atoms with E-state index in [1.54, 1.807) is 6.07 Å². The van der Waals surface area contributed by atoms with Crippen molar-refractivity contribution in [1.29, 1.82) is 0 Å². The number of nitrogens with one attached hydrogen (secondary N) is 1. The Bertz CT molecular complexity index is 594. The van der Waals surface area contributed by atoms with E-state index in [4.69, 9.17) is 0 Å². The number of rotatable bonds is 6. The van der Waals surface area contributed by atoms with E-state index >= 15 is 0 Å². The summed E-state index contributed by atoms with van der Waals surface area (Å²) in [5, 5.41) is 13.2. The molecule has 2 N–H and O–H groups in total. The summed E-state index contributed by atoms with van der Waals surface area (Å²) in [6, 6.07) is 12.0. The van der Waals surface area contributed by atoms with Crippen LogP contribution in [0.2, 0.25) is 0 Å². The van der Waals surface area contributed by atoms with E-state index in [9.17, 15) is 5.11 Å². The Morgan fingerprint density at radius 2 is 1.76 bits per heavy atom. The molecule has 3 nitrogen and oxygen atoms in total. The SMILES string of the molecule is Cc1ccc(O)c(CNCc2ccccc2CC(C)C)n1. The number of nitrogens with zero attached hydrogens (tertiary/aromatic N) is 1. The average Bonchev–Trinajstić information content (AvgIpc) is 2.44. The molecule has 112 valence electrons. The highest BCUT2D eigenvalue weighted by atomic mass is 16.3. The minimum atomic E-state index is 0.253. The van der Waals surface area contributed by atoms with Gasteiger partial charge in [-0.15, -0.1) is 0 Å². The second kappa shape index (κ2) is 7.23. The molecule has 0 aliphatic carbocycles. The fourth-order valence-corrected chi connectivity index (χ4v) is 2.42. The van der Waals surface area contributed by atoms with Gasteiger partial charge < -0.3 is 10.4 Å². The molecule has 2 aromatic rings. The van der Waals surface area contributed by atoms with Crippen molar-refractivity contribution in [3.8, 4) is 5.75 Å². The maximum absolute atomic E-state index is 9.80. The van der Waals surface area contributed by atoms with Gasteiger partial charge in [0, 0.05) is 18.8 Å². The van der Waals surface area contributed by atoms with Crippen molar-refractivity contribution in [2.24, 2.45) is 5.92 Å². The molecule has 3 heteroatoms. The summed E-state index contributed by atoms with van der Waals surface area (Å²) in [7, 11) is 0. The number of hydrogen-bond acceptors (Lipinski definition) is 3. The van der Waals surface area contributed by atoms with Gasteiger partial charge in [0.1, 0.15) is 5.75 Å². The Balaban J connectivity index is 1.99. The van der Waals surface area contributed by atoms with Crippen LogP contribution in [0.1, 0.15) is 36.4 Å². The van der Waals surface area contributed by atoms with Gasteiger partial charge in [0.05, 0.1) is 5.69 Å². The van der Waals surface area contributed by atoms with E-state index in [0.717, 1.165) is 18.7 Å². The molecule has 0 unspecified atom stereocenters. The molecule has 0 amide bonds. The van der Waals surface area contributed by atoms with Crippen LogP contribution in [0.25, 0.3) is 0 Å². The second-order valence-electron chi connectivity index (χ2n) is 5.89. The van der Waals surface area contributed by atoms with E-state index < -0.39 is 0 Å². The summed E-state index contributed by atoms with van der Waals surface area (Å²) in [6.45, 7) is 7.76. The van der Waals surface area contributed by atoms with Crippen LogP contribution in [0.3, 0.4) is 0 Å². The summed E-state index contributed by atoms with van der Waals surface area (Å²) >= 11 is 0. The second-order valence-corrected chi connectivity index (χ2v) is 5.89. The zero-order valence-electron chi connectivity index (χ0n) is 13.1. The average molecular weight is 284 g/mol. The normalized spacial score (nSPS) is 11.0. The molecule has 1 heterocycles. The monoisotopic (exact) mass is 284 g/mol. The first kappa shape index (κ1) is 15.5. The first-order valence-electron chi connectivity index (χ1n) is 7.49. The number of pyridine rings is 1. The van der Waals surface area contributed by atoms with E-state index in [0.29, 0.717) is 18.2 Å². The fourth-order valence-electron chi connectivity index (χ4n) is 2.42. The summed E-state index contributed by atoms with van der Waals surface area (Å²) in [5.41, 5.74) is 4.33. The summed E-state index contributed by atoms with van der Waals surface area (Å²) in [5.74, 6) is 0.900. The van der Waals surface area contributed by atoms with Crippen LogP contribution in [0, 0.1) is 12.8 Å². The Kier molecular flexibility index (Phi) is 5.34. The number of aromatic nitrogens is 1. The number of hydrogen-bond donors (Lipinski definition) is 2. The van der Waals surface area contributed by atoms with Gasteiger partial charge in [-0.3, -0.25) is 4.98 Å². The van der Waals surface area contributed by atoms with Crippen LogP contribution >= 0.6 is 0 Å². The van der Waals surface area contributed by atoms with Gasteiger partial charge in [0.15, 0.2) is 0 Å². The molecular formula is C18H24N2O. The Labute approximate surface area is 127 Å². The predicted octanol–water partition coefficient (Wildman–Crippen LogP) is 3.58. The first-order chi connectivity index (χ1) is 10.1. The third kappa shape index (κ3) is 4.57. The molecule has 0 aliphatic rings. The minimum Gasteiger partial charge on any atom is -0.506 e. The standard InChI is InChI=1S/C18H24N2O/c1-13(2)10-15-6-4-5-7-16(15)11-19-12-17-18(21)9-8-14(3)20-17/h4-9,13,19,21H,10-12H2,1-3H3. The van der Waals surface area contributed by atoms with Gasteiger partial charge in [-0.1, -0.05) is 38.1 Å².